The van der Waals surface area contributed by atoms with Crippen molar-refractivity contribution < 1.29 is 14.6 Å². The summed E-state index contributed by atoms with van der Waals surface area (Å²) in [7, 11) is 0. The molecule has 2 aromatic rings. The van der Waals surface area contributed by atoms with Crippen LogP contribution in [0.4, 0.5) is 10.5 Å². The summed E-state index contributed by atoms with van der Waals surface area (Å²) in [6.45, 7) is 4.12. The molecule has 31 heavy (non-hydrogen) atoms. The fourth-order valence-electron chi connectivity index (χ4n) is 3.81. The number of aromatic nitrogens is 1. The maximum absolute atomic E-state index is 11.0. The Hall–Kier alpha value is -1.77. The van der Waals surface area contributed by atoms with Gasteiger partial charge in [-0.15, -0.1) is 23.1 Å². The van der Waals surface area contributed by atoms with Crippen LogP contribution in [0, 0.1) is 0 Å². The molecule has 0 unspecified atom stereocenters. The Morgan fingerprint density at radius 1 is 1.29 bits per heavy atom. The summed E-state index contributed by atoms with van der Waals surface area (Å²) in [5.74, 6) is 0.415. The second-order valence-corrected chi connectivity index (χ2v) is 11.6. The molecule has 6 nitrogen and oxygen atoms in total. The van der Waals surface area contributed by atoms with Crippen molar-refractivity contribution in [1.82, 2.24) is 4.98 Å². The molecule has 2 saturated carbocycles. The van der Waals surface area contributed by atoms with Crippen molar-refractivity contribution in [2.45, 2.75) is 80.1 Å². The summed E-state index contributed by atoms with van der Waals surface area (Å²) >= 11 is 3.72. The number of aliphatic hydroxyl groups is 1. The van der Waals surface area contributed by atoms with E-state index in [1.807, 2.05) is 18.0 Å². The fraction of sp³-hybridized carbons (Fsp3) is 0.565. The lowest BCUT2D eigenvalue weighted by Gasteiger charge is -2.26. The minimum absolute atomic E-state index is 0.0568. The zero-order valence-corrected chi connectivity index (χ0v) is 19.7. The lowest BCUT2D eigenvalue weighted by atomic mass is 9.88. The van der Waals surface area contributed by atoms with Gasteiger partial charge in [-0.1, -0.05) is 6.07 Å². The summed E-state index contributed by atoms with van der Waals surface area (Å²) in [4.78, 5) is 18.2. The number of ether oxygens (including phenoxy) is 1. The minimum atomic E-state index is -0.753. The number of rotatable bonds is 8. The molecule has 1 heterocycles. The Morgan fingerprint density at radius 2 is 2.03 bits per heavy atom. The van der Waals surface area contributed by atoms with E-state index in [1.165, 1.54) is 33.2 Å². The van der Waals surface area contributed by atoms with E-state index < -0.39 is 11.7 Å². The summed E-state index contributed by atoms with van der Waals surface area (Å²) in [6.07, 6.45) is 7.43. The maximum atomic E-state index is 11.0. The molecule has 2 fully saturated rings. The van der Waals surface area contributed by atoms with Gasteiger partial charge in [-0.25, -0.2) is 9.78 Å². The predicted molar refractivity (Wildman–Crippen MR) is 127 cm³/mol. The van der Waals surface area contributed by atoms with Gasteiger partial charge in [0.15, 0.2) is 0 Å². The highest BCUT2D eigenvalue weighted by Gasteiger charge is 2.28. The number of thioether (sulfide) groups is 1. The van der Waals surface area contributed by atoms with Crippen molar-refractivity contribution in [3.63, 3.8) is 0 Å². The van der Waals surface area contributed by atoms with E-state index in [9.17, 15) is 9.90 Å². The molecule has 0 radical (unpaired) electrons. The van der Waals surface area contributed by atoms with Crippen molar-refractivity contribution in [2.75, 3.05) is 11.9 Å². The summed E-state index contributed by atoms with van der Waals surface area (Å²) in [5, 5.41) is 15.2. The van der Waals surface area contributed by atoms with Gasteiger partial charge in [0.2, 0.25) is 0 Å². The number of amides is 1. The predicted octanol–water partition coefficient (Wildman–Crippen LogP) is 5.37. The van der Waals surface area contributed by atoms with Gasteiger partial charge in [-0.2, -0.15) is 0 Å². The first-order valence-corrected chi connectivity index (χ1v) is 12.7. The number of thiazole rings is 1. The quantitative estimate of drug-likeness (QED) is 0.489. The third-order valence-electron chi connectivity index (χ3n) is 5.62. The van der Waals surface area contributed by atoms with E-state index in [0.29, 0.717) is 17.7 Å². The summed E-state index contributed by atoms with van der Waals surface area (Å²) in [6, 6.07) is 6.46. The average molecular weight is 462 g/mol. The number of hydrogen-bond acceptors (Lipinski definition) is 7. The van der Waals surface area contributed by atoms with E-state index in [0.717, 1.165) is 31.4 Å². The normalized spacial score (nSPS) is 21.6. The lowest BCUT2D eigenvalue weighted by molar-refractivity contribution is 0.0787. The van der Waals surface area contributed by atoms with E-state index in [1.54, 1.807) is 25.2 Å². The molecule has 4 rings (SSSR count). The van der Waals surface area contributed by atoms with Crippen LogP contribution in [0.1, 0.15) is 63.3 Å². The second kappa shape index (κ2) is 9.38. The highest BCUT2D eigenvalue weighted by atomic mass is 32.2. The molecule has 0 atom stereocenters. The fourth-order valence-corrected chi connectivity index (χ4v) is 6.23. The summed E-state index contributed by atoms with van der Waals surface area (Å²) in [5.41, 5.74) is 6.67. The molecular weight excluding hydrogens is 430 g/mol. The first-order chi connectivity index (χ1) is 14.8. The number of hydrogen-bond donors (Lipinski definition) is 3. The molecule has 1 aromatic carbocycles. The van der Waals surface area contributed by atoms with Gasteiger partial charge in [0, 0.05) is 40.1 Å². The number of nitrogens with two attached hydrogens (primary N) is 1. The Balaban J connectivity index is 1.47. The molecule has 0 bridgehead atoms. The number of carbonyl (C=O) groups is 1. The zero-order chi connectivity index (χ0) is 22.0. The van der Waals surface area contributed by atoms with Gasteiger partial charge in [0.25, 0.3) is 0 Å². The Labute approximate surface area is 192 Å². The van der Waals surface area contributed by atoms with Gasteiger partial charge in [-0.05, 0) is 64.5 Å². The topological polar surface area (TPSA) is 97.5 Å². The van der Waals surface area contributed by atoms with Gasteiger partial charge in [0.1, 0.15) is 6.10 Å². The van der Waals surface area contributed by atoms with Crippen LogP contribution < -0.4 is 11.1 Å². The van der Waals surface area contributed by atoms with Gasteiger partial charge < -0.3 is 20.9 Å². The van der Waals surface area contributed by atoms with Crippen molar-refractivity contribution in [1.29, 1.82) is 0 Å². The number of benzene rings is 1. The van der Waals surface area contributed by atoms with Crippen LogP contribution >= 0.6 is 23.1 Å². The number of nitrogens with zero attached hydrogens (tertiary/aromatic N) is 1. The monoisotopic (exact) mass is 461 g/mol. The third kappa shape index (κ3) is 6.37. The van der Waals surface area contributed by atoms with Crippen LogP contribution in [0.15, 0.2) is 29.3 Å². The molecule has 0 saturated heterocycles. The standard InChI is InChI=1S/C23H31N3O3S2/c1-23(2,28)13-26-15-5-10-18(19(11-15)30-17-8-9-17)20-12-25-21(31-20)14-3-6-16(7-4-14)29-22(24)27/h5,10-12,14,16-17,26,28H,3-4,6-9,13H2,1-2H3,(H2,24,27). The molecule has 1 amide bonds. The minimum Gasteiger partial charge on any atom is -0.446 e. The van der Waals surface area contributed by atoms with Crippen LogP contribution in [0.5, 0.6) is 0 Å². The van der Waals surface area contributed by atoms with Crippen LogP contribution in [-0.2, 0) is 4.74 Å². The van der Waals surface area contributed by atoms with Crippen LogP contribution in [0.3, 0.4) is 0 Å². The molecule has 4 N–H and O–H groups in total. The maximum Gasteiger partial charge on any atom is 0.404 e. The number of nitrogens with one attached hydrogen (secondary N) is 1. The van der Waals surface area contributed by atoms with Gasteiger partial charge in [-0.3, -0.25) is 0 Å². The summed E-state index contributed by atoms with van der Waals surface area (Å²) < 4.78 is 5.16. The van der Waals surface area contributed by atoms with Crippen molar-refractivity contribution in [2.24, 2.45) is 5.73 Å². The Kier molecular flexibility index (Phi) is 6.79. The Morgan fingerprint density at radius 3 is 2.68 bits per heavy atom. The SMILES string of the molecule is CC(C)(O)CNc1ccc(-c2cnc(C3CCC(OC(N)=O)CC3)s2)c(SC2CC2)c1. The smallest absolute Gasteiger partial charge is 0.404 e. The molecule has 2 aliphatic carbocycles. The highest BCUT2D eigenvalue weighted by molar-refractivity contribution is 8.00. The number of primary amides is 1. The Bertz CT molecular complexity index is 913. The van der Waals surface area contributed by atoms with Crippen molar-refractivity contribution in [3.8, 4) is 10.4 Å². The van der Waals surface area contributed by atoms with Crippen LogP contribution in [-0.4, -0.2) is 39.7 Å². The van der Waals surface area contributed by atoms with Crippen LogP contribution in [0.25, 0.3) is 10.4 Å². The first kappa shape index (κ1) is 22.4. The first-order valence-electron chi connectivity index (χ1n) is 11.0. The van der Waals surface area contributed by atoms with Crippen molar-refractivity contribution in [3.05, 3.63) is 29.4 Å². The molecule has 0 aliphatic heterocycles. The van der Waals surface area contributed by atoms with E-state index >= 15 is 0 Å². The number of anilines is 1. The zero-order valence-electron chi connectivity index (χ0n) is 18.1. The highest BCUT2D eigenvalue weighted by Crippen LogP contribution is 2.46. The number of carbonyl (C=O) groups excluding carboxylic acids is 1. The molecule has 8 heteroatoms. The van der Waals surface area contributed by atoms with Crippen molar-refractivity contribution >= 4 is 34.9 Å². The van der Waals surface area contributed by atoms with E-state index in [-0.39, 0.29) is 6.10 Å². The lowest BCUT2D eigenvalue weighted by Crippen LogP contribution is -2.29. The second-order valence-electron chi connectivity index (χ2n) is 9.17. The average Bonchev–Trinajstić information content (AvgIpc) is 3.39. The van der Waals surface area contributed by atoms with E-state index in [2.05, 4.69) is 23.5 Å². The van der Waals surface area contributed by atoms with Gasteiger partial charge >= 0.3 is 6.09 Å². The molecule has 1 aromatic heterocycles. The molecule has 0 spiro atoms. The van der Waals surface area contributed by atoms with Gasteiger partial charge in [0.05, 0.1) is 15.5 Å². The van der Waals surface area contributed by atoms with E-state index in [4.69, 9.17) is 15.5 Å². The third-order valence-corrected chi connectivity index (χ3v) is 8.21. The van der Waals surface area contributed by atoms with Crippen LogP contribution in [0.2, 0.25) is 0 Å². The molecule has 168 valence electrons. The largest absolute Gasteiger partial charge is 0.446 e. The molecular formula is C23H31N3O3S2. The molecule has 2 aliphatic rings.